The summed E-state index contributed by atoms with van der Waals surface area (Å²) >= 11 is 0. The van der Waals surface area contributed by atoms with Crippen molar-refractivity contribution in [1.29, 1.82) is 0 Å². The van der Waals surface area contributed by atoms with Crippen LogP contribution in [0.4, 0.5) is 0 Å². The van der Waals surface area contributed by atoms with E-state index in [0.717, 1.165) is 25.9 Å². The van der Waals surface area contributed by atoms with Crippen molar-refractivity contribution < 1.29 is 9.90 Å². The van der Waals surface area contributed by atoms with Gasteiger partial charge in [0.25, 0.3) is 0 Å². The molecular weight excluding hydrogens is 180 g/mol. The lowest BCUT2D eigenvalue weighted by Gasteiger charge is -2.33. The first kappa shape index (κ1) is 11.5. The highest BCUT2D eigenvalue weighted by Crippen LogP contribution is 2.12. The Bertz CT molecular complexity index is 189. The Morgan fingerprint density at radius 3 is 2.64 bits per heavy atom. The summed E-state index contributed by atoms with van der Waals surface area (Å²) in [6, 6.07) is -0.0672. The number of amides is 1. The fourth-order valence-electron chi connectivity index (χ4n) is 1.76. The van der Waals surface area contributed by atoms with E-state index in [0.29, 0.717) is 6.54 Å². The molecule has 1 atom stereocenters. The van der Waals surface area contributed by atoms with Crippen LogP contribution in [-0.2, 0) is 4.79 Å². The molecule has 4 nitrogen and oxygen atoms in total. The quantitative estimate of drug-likeness (QED) is 0.672. The minimum Gasteiger partial charge on any atom is -0.393 e. The maximum atomic E-state index is 11.5. The molecule has 0 radical (unpaired) electrons. The summed E-state index contributed by atoms with van der Waals surface area (Å²) in [5.74, 6) is 0.0869. The van der Waals surface area contributed by atoms with E-state index in [9.17, 15) is 9.90 Å². The van der Waals surface area contributed by atoms with Crippen molar-refractivity contribution in [2.24, 2.45) is 0 Å². The van der Waals surface area contributed by atoms with Gasteiger partial charge in [0, 0.05) is 19.6 Å². The fourth-order valence-corrected chi connectivity index (χ4v) is 1.76. The van der Waals surface area contributed by atoms with Gasteiger partial charge >= 0.3 is 0 Å². The number of carbonyl (C=O) groups excluding carboxylic acids is 1. The topological polar surface area (TPSA) is 52.6 Å². The van der Waals surface area contributed by atoms with Crippen molar-refractivity contribution >= 4 is 5.91 Å². The zero-order valence-electron chi connectivity index (χ0n) is 8.99. The van der Waals surface area contributed by atoms with Crippen LogP contribution in [0.3, 0.4) is 0 Å². The third kappa shape index (κ3) is 2.96. The minimum atomic E-state index is -0.173. The molecule has 0 saturated carbocycles. The molecule has 0 aliphatic carbocycles. The van der Waals surface area contributed by atoms with E-state index in [1.54, 1.807) is 0 Å². The number of piperidine rings is 1. The Morgan fingerprint density at radius 2 is 2.14 bits per heavy atom. The molecule has 1 amide bonds. The maximum absolute atomic E-state index is 11.5. The Balaban J connectivity index is 2.37. The highest BCUT2D eigenvalue weighted by atomic mass is 16.3. The summed E-state index contributed by atoms with van der Waals surface area (Å²) in [5.41, 5.74) is 0. The molecule has 82 valence electrons. The second kappa shape index (κ2) is 5.32. The largest absolute Gasteiger partial charge is 0.393 e. The number of hydrogen-bond acceptors (Lipinski definition) is 3. The Kier molecular flexibility index (Phi) is 4.35. The zero-order valence-corrected chi connectivity index (χ0v) is 8.99. The molecule has 1 unspecified atom stereocenters. The summed E-state index contributed by atoms with van der Waals surface area (Å²) < 4.78 is 0. The number of aliphatic hydroxyl groups excluding tert-OH is 1. The van der Waals surface area contributed by atoms with Crippen LogP contribution < -0.4 is 5.32 Å². The van der Waals surface area contributed by atoms with Gasteiger partial charge in [-0.15, -0.1) is 0 Å². The van der Waals surface area contributed by atoms with Crippen molar-refractivity contribution in [2.75, 3.05) is 19.6 Å². The molecule has 4 heteroatoms. The first-order valence-corrected chi connectivity index (χ1v) is 5.35. The normalized spacial score (nSPS) is 21.9. The Hall–Kier alpha value is -0.610. The lowest BCUT2D eigenvalue weighted by Crippen LogP contribution is -2.48. The number of nitrogens with zero attached hydrogens (tertiary/aromatic N) is 1. The van der Waals surface area contributed by atoms with E-state index in [2.05, 4.69) is 10.2 Å². The average Bonchev–Trinajstić information content (AvgIpc) is 2.18. The predicted octanol–water partition coefficient (Wildman–Crippen LogP) is -0.0323. The van der Waals surface area contributed by atoms with E-state index in [4.69, 9.17) is 0 Å². The molecule has 0 aromatic rings. The van der Waals surface area contributed by atoms with E-state index < -0.39 is 0 Å². The van der Waals surface area contributed by atoms with E-state index in [-0.39, 0.29) is 18.1 Å². The van der Waals surface area contributed by atoms with Crippen LogP contribution in [-0.4, -0.2) is 47.7 Å². The monoisotopic (exact) mass is 200 g/mol. The number of nitrogens with one attached hydrogen (secondary N) is 1. The Morgan fingerprint density at radius 1 is 1.57 bits per heavy atom. The van der Waals surface area contributed by atoms with E-state index in [1.165, 1.54) is 0 Å². The van der Waals surface area contributed by atoms with E-state index >= 15 is 0 Å². The van der Waals surface area contributed by atoms with Crippen molar-refractivity contribution in [3.8, 4) is 0 Å². The summed E-state index contributed by atoms with van der Waals surface area (Å²) in [6.45, 7) is 6.16. The van der Waals surface area contributed by atoms with Gasteiger partial charge in [-0.3, -0.25) is 9.69 Å². The SMILES string of the molecule is CCNC(=O)C(C)N1CCC(O)CC1. The first-order valence-electron chi connectivity index (χ1n) is 5.35. The van der Waals surface area contributed by atoms with Crippen LogP contribution in [0.1, 0.15) is 26.7 Å². The molecule has 0 bridgehead atoms. The van der Waals surface area contributed by atoms with Crippen molar-refractivity contribution in [3.63, 3.8) is 0 Å². The zero-order chi connectivity index (χ0) is 10.6. The Labute approximate surface area is 85.3 Å². The molecule has 1 fully saturated rings. The molecule has 1 aliphatic heterocycles. The molecule has 1 aliphatic rings. The second-order valence-electron chi connectivity index (χ2n) is 3.84. The third-order valence-corrected chi connectivity index (χ3v) is 2.78. The minimum absolute atomic E-state index is 0.0672. The van der Waals surface area contributed by atoms with Gasteiger partial charge in [-0.25, -0.2) is 0 Å². The molecule has 1 heterocycles. The van der Waals surface area contributed by atoms with Crippen molar-refractivity contribution in [1.82, 2.24) is 10.2 Å². The lowest BCUT2D eigenvalue weighted by molar-refractivity contribution is -0.126. The highest BCUT2D eigenvalue weighted by molar-refractivity contribution is 5.81. The molecule has 14 heavy (non-hydrogen) atoms. The van der Waals surface area contributed by atoms with Crippen LogP contribution in [0.2, 0.25) is 0 Å². The first-order chi connectivity index (χ1) is 6.65. The summed E-state index contributed by atoms with van der Waals surface area (Å²) in [4.78, 5) is 13.6. The number of likely N-dealkylation sites (tertiary alicyclic amines) is 1. The molecular formula is C10H20N2O2. The molecule has 0 spiro atoms. The van der Waals surface area contributed by atoms with Gasteiger partial charge in [0.1, 0.15) is 0 Å². The molecule has 0 aromatic heterocycles. The maximum Gasteiger partial charge on any atom is 0.237 e. The number of carbonyl (C=O) groups is 1. The highest BCUT2D eigenvalue weighted by Gasteiger charge is 2.24. The molecule has 2 N–H and O–H groups in total. The standard InChI is InChI=1S/C10H20N2O2/c1-3-11-10(14)8(2)12-6-4-9(13)5-7-12/h8-9,13H,3-7H2,1-2H3,(H,11,14). The number of aliphatic hydroxyl groups is 1. The lowest BCUT2D eigenvalue weighted by atomic mass is 10.1. The van der Waals surface area contributed by atoms with Crippen LogP contribution in [0.15, 0.2) is 0 Å². The van der Waals surface area contributed by atoms with Crippen molar-refractivity contribution in [2.45, 2.75) is 38.8 Å². The number of hydrogen-bond donors (Lipinski definition) is 2. The van der Waals surface area contributed by atoms with Gasteiger partial charge in [-0.1, -0.05) is 0 Å². The van der Waals surface area contributed by atoms with Gasteiger partial charge in [0.05, 0.1) is 12.1 Å². The predicted molar refractivity (Wildman–Crippen MR) is 55.0 cm³/mol. The molecule has 0 aromatic carbocycles. The van der Waals surface area contributed by atoms with Gasteiger partial charge in [-0.2, -0.15) is 0 Å². The summed E-state index contributed by atoms with van der Waals surface area (Å²) in [5, 5.41) is 12.1. The van der Waals surface area contributed by atoms with Gasteiger partial charge < -0.3 is 10.4 Å². The fraction of sp³-hybridized carbons (Fsp3) is 0.900. The molecule has 1 saturated heterocycles. The summed E-state index contributed by atoms with van der Waals surface area (Å²) in [6.07, 6.45) is 1.39. The third-order valence-electron chi connectivity index (χ3n) is 2.78. The summed E-state index contributed by atoms with van der Waals surface area (Å²) in [7, 11) is 0. The van der Waals surface area contributed by atoms with Gasteiger partial charge in [0.2, 0.25) is 5.91 Å². The number of likely N-dealkylation sites (N-methyl/N-ethyl adjacent to an activating group) is 1. The van der Waals surface area contributed by atoms with Crippen LogP contribution >= 0.6 is 0 Å². The average molecular weight is 200 g/mol. The van der Waals surface area contributed by atoms with E-state index in [1.807, 2.05) is 13.8 Å². The van der Waals surface area contributed by atoms with Gasteiger partial charge in [0.15, 0.2) is 0 Å². The van der Waals surface area contributed by atoms with Crippen LogP contribution in [0.25, 0.3) is 0 Å². The van der Waals surface area contributed by atoms with Crippen molar-refractivity contribution in [3.05, 3.63) is 0 Å². The smallest absolute Gasteiger partial charge is 0.237 e. The second-order valence-corrected chi connectivity index (χ2v) is 3.84. The number of rotatable bonds is 3. The molecule has 1 rings (SSSR count). The van der Waals surface area contributed by atoms with Crippen LogP contribution in [0.5, 0.6) is 0 Å². The van der Waals surface area contributed by atoms with Gasteiger partial charge in [-0.05, 0) is 26.7 Å². The van der Waals surface area contributed by atoms with Crippen LogP contribution in [0, 0.1) is 0 Å².